The molecule has 0 radical (unpaired) electrons. The monoisotopic (exact) mass is 252 g/mol. The molecular weight excluding hydrogens is 236 g/mol. The maximum absolute atomic E-state index is 10.9. The minimum atomic E-state index is -0.439. The van der Waals surface area contributed by atoms with E-state index in [2.05, 4.69) is 0 Å². The van der Waals surface area contributed by atoms with Crippen molar-refractivity contribution in [3.8, 4) is 5.75 Å². The van der Waals surface area contributed by atoms with E-state index in [0.717, 1.165) is 0 Å². The fourth-order valence-corrected chi connectivity index (χ4v) is 1.32. The van der Waals surface area contributed by atoms with Gasteiger partial charge in [-0.05, 0) is 24.4 Å². The first-order valence-corrected chi connectivity index (χ1v) is 5.41. The predicted octanol–water partition coefficient (Wildman–Crippen LogP) is 1.50. The Morgan fingerprint density at radius 3 is 2.78 bits per heavy atom. The predicted molar refractivity (Wildman–Crippen MR) is 68.4 cm³/mol. The Hall–Kier alpha value is -2.08. The molecule has 0 unspecified atom stereocenters. The summed E-state index contributed by atoms with van der Waals surface area (Å²) in [5.41, 5.74) is 0.480. The molecule has 0 aliphatic carbocycles. The van der Waals surface area contributed by atoms with Crippen molar-refractivity contribution in [3.05, 3.63) is 40.1 Å². The Bertz CT molecular complexity index is 444. The summed E-state index contributed by atoms with van der Waals surface area (Å²) in [4.78, 5) is 12.2. The average molecular weight is 252 g/mol. The number of hydrogen-bond donors (Lipinski definition) is 1. The van der Waals surface area contributed by atoms with Crippen molar-refractivity contribution < 1.29 is 14.8 Å². The number of ether oxygens (including phenoxy) is 1. The van der Waals surface area contributed by atoms with Gasteiger partial charge in [0.05, 0.1) is 17.1 Å². The molecule has 18 heavy (non-hydrogen) atoms. The van der Waals surface area contributed by atoms with Gasteiger partial charge in [0, 0.05) is 20.2 Å². The SMILES string of the molecule is CN(C)/C=C/c1cc(OCCO)ccc1[N+](=O)[O-]. The molecule has 98 valence electrons. The number of nitro benzene ring substituents is 1. The van der Waals surface area contributed by atoms with Crippen molar-refractivity contribution in [2.75, 3.05) is 27.3 Å². The zero-order valence-electron chi connectivity index (χ0n) is 10.4. The summed E-state index contributed by atoms with van der Waals surface area (Å²) in [6.07, 6.45) is 3.36. The summed E-state index contributed by atoms with van der Waals surface area (Å²) >= 11 is 0. The van der Waals surface area contributed by atoms with Crippen LogP contribution in [0.1, 0.15) is 5.56 Å². The topological polar surface area (TPSA) is 75.8 Å². The van der Waals surface area contributed by atoms with Crippen molar-refractivity contribution in [1.29, 1.82) is 0 Å². The van der Waals surface area contributed by atoms with E-state index in [-0.39, 0.29) is 18.9 Å². The fraction of sp³-hybridized carbons (Fsp3) is 0.333. The maximum Gasteiger partial charge on any atom is 0.276 e. The summed E-state index contributed by atoms with van der Waals surface area (Å²) in [6, 6.07) is 4.48. The third-order valence-electron chi connectivity index (χ3n) is 2.11. The van der Waals surface area contributed by atoms with Crippen molar-refractivity contribution in [2.45, 2.75) is 0 Å². The Kier molecular flexibility index (Phi) is 5.13. The normalized spacial score (nSPS) is 10.6. The van der Waals surface area contributed by atoms with E-state index in [4.69, 9.17) is 9.84 Å². The summed E-state index contributed by atoms with van der Waals surface area (Å²) < 4.78 is 5.22. The molecule has 0 bridgehead atoms. The number of hydrogen-bond acceptors (Lipinski definition) is 5. The molecule has 0 fully saturated rings. The number of nitrogens with zero attached hydrogens (tertiary/aromatic N) is 2. The van der Waals surface area contributed by atoms with Crippen LogP contribution in [0.3, 0.4) is 0 Å². The second-order valence-corrected chi connectivity index (χ2v) is 3.83. The van der Waals surface area contributed by atoms with Gasteiger partial charge in [-0.15, -0.1) is 0 Å². The van der Waals surface area contributed by atoms with Crippen molar-refractivity contribution in [3.63, 3.8) is 0 Å². The first-order valence-electron chi connectivity index (χ1n) is 5.41. The van der Waals surface area contributed by atoms with Crippen LogP contribution in [0.4, 0.5) is 5.69 Å². The number of aliphatic hydroxyl groups is 1. The molecule has 0 amide bonds. The second kappa shape index (κ2) is 6.61. The highest BCUT2D eigenvalue weighted by Gasteiger charge is 2.12. The van der Waals surface area contributed by atoms with Gasteiger partial charge in [0.1, 0.15) is 12.4 Å². The number of aliphatic hydroxyl groups excluding tert-OH is 1. The van der Waals surface area contributed by atoms with E-state index in [0.29, 0.717) is 11.3 Å². The molecule has 6 heteroatoms. The zero-order valence-corrected chi connectivity index (χ0v) is 10.4. The van der Waals surface area contributed by atoms with Crippen LogP contribution in [-0.4, -0.2) is 42.2 Å². The first kappa shape index (κ1) is 14.0. The van der Waals surface area contributed by atoms with Gasteiger partial charge in [-0.1, -0.05) is 0 Å². The van der Waals surface area contributed by atoms with Crippen LogP contribution in [-0.2, 0) is 0 Å². The fourth-order valence-electron chi connectivity index (χ4n) is 1.32. The highest BCUT2D eigenvalue weighted by molar-refractivity contribution is 5.62. The minimum Gasteiger partial charge on any atom is -0.491 e. The molecule has 6 nitrogen and oxygen atoms in total. The molecule has 0 aliphatic heterocycles. The quantitative estimate of drug-likeness (QED) is 0.613. The largest absolute Gasteiger partial charge is 0.491 e. The third-order valence-corrected chi connectivity index (χ3v) is 2.11. The summed E-state index contributed by atoms with van der Waals surface area (Å²) in [7, 11) is 3.66. The van der Waals surface area contributed by atoms with E-state index in [1.54, 1.807) is 23.2 Å². The molecule has 0 aromatic heterocycles. The highest BCUT2D eigenvalue weighted by Crippen LogP contribution is 2.25. The molecule has 0 heterocycles. The lowest BCUT2D eigenvalue weighted by atomic mass is 10.1. The van der Waals surface area contributed by atoms with Crippen molar-refractivity contribution >= 4 is 11.8 Å². The van der Waals surface area contributed by atoms with Crippen LogP contribution in [0.2, 0.25) is 0 Å². The maximum atomic E-state index is 10.9. The first-order chi connectivity index (χ1) is 8.54. The number of rotatable bonds is 6. The van der Waals surface area contributed by atoms with Gasteiger partial charge in [0.2, 0.25) is 0 Å². The van der Waals surface area contributed by atoms with E-state index in [1.165, 1.54) is 12.1 Å². The molecular formula is C12H16N2O4. The lowest BCUT2D eigenvalue weighted by molar-refractivity contribution is -0.385. The van der Waals surface area contributed by atoms with Gasteiger partial charge in [0.15, 0.2) is 0 Å². The number of nitro groups is 1. The van der Waals surface area contributed by atoms with Crippen LogP contribution in [0.15, 0.2) is 24.4 Å². The van der Waals surface area contributed by atoms with Gasteiger partial charge < -0.3 is 14.7 Å². The molecule has 0 saturated carbocycles. The molecule has 1 aromatic carbocycles. The van der Waals surface area contributed by atoms with Gasteiger partial charge in [-0.2, -0.15) is 0 Å². The minimum absolute atomic E-state index is 0.0180. The second-order valence-electron chi connectivity index (χ2n) is 3.83. The van der Waals surface area contributed by atoms with Crippen LogP contribution in [0.25, 0.3) is 6.08 Å². The Labute approximate surface area is 105 Å². The van der Waals surface area contributed by atoms with E-state index in [1.807, 2.05) is 14.1 Å². The lowest BCUT2D eigenvalue weighted by Gasteiger charge is -2.07. The van der Waals surface area contributed by atoms with Crippen LogP contribution in [0, 0.1) is 10.1 Å². The smallest absolute Gasteiger partial charge is 0.276 e. The van der Waals surface area contributed by atoms with Crippen LogP contribution in [0.5, 0.6) is 5.75 Å². The molecule has 0 atom stereocenters. The summed E-state index contributed by atoms with van der Waals surface area (Å²) in [5, 5.41) is 19.5. The van der Waals surface area contributed by atoms with E-state index < -0.39 is 4.92 Å². The molecule has 0 aliphatic rings. The Balaban J connectivity index is 3.03. The van der Waals surface area contributed by atoms with E-state index >= 15 is 0 Å². The van der Waals surface area contributed by atoms with E-state index in [9.17, 15) is 10.1 Å². The Morgan fingerprint density at radius 2 is 2.22 bits per heavy atom. The van der Waals surface area contributed by atoms with Crippen LogP contribution >= 0.6 is 0 Å². The van der Waals surface area contributed by atoms with Crippen molar-refractivity contribution in [1.82, 2.24) is 4.90 Å². The van der Waals surface area contributed by atoms with Gasteiger partial charge in [-0.3, -0.25) is 10.1 Å². The standard InChI is InChI=1S/C12H16N2O4/c1-13(2)6-5-10-9-11(18-8-7-15)3-4-12(10)14(16)17/h3-6,9,15H,7-8H2,1-2H3/b6-5+. The summed E-state index contributed by atoms with van der Waals surface area (Å²) in [6.45, 7) is 0.0640. The molecule has 1 N–H and O–H groups in total. The summed E-state index contributed by atoms with van der Waals surface area (Å²) in [5.74, 6) is 0.494. The van der Waals surface area contributed by atoms with Gasteiger partial charge >= 0.3 is 0 Å². The van der Waals surface area contributed by atoms with Gasteiger partial charge in [0.25, 0.3) is 5.69 Å². The third kappa shape index (κ3) is 4.06. The molecule has 0 saturated heterocycles. The van der Waals surface area contributed by atoms with Gasteiger partial charge in [-0.25, -0.2) is 0 Å². The molecule has 1 aromatic rings. The van der Waals surface area contributed by atoms with Crippen molar-refractivity contribution in [2.24, 2.45) is 0 Å². The number of benzene rings is 1. The lowest BCUT2D eigenvalue weighted by Crippen LogP contribution is -2.03. The highest BCUT2D eigenvalue weighted by atomic mass is 16.6. The zero-order chi connectivity index (χ0) is 13.5. The average Bonchev–Trinajstić information content (AvgIpc) is 2.33. The Morgan fingerprint density at radius 1 is 1.50 bits per heavy atom. The molecule has 0 spiro atoms. The van der Waals surface area contributed by atoms with Crippen LogP contribution < -0.4 is 4.74 Å². The molecule has 1 rings (SSSR count).